The number of thiophene rings is 2. The molecule has 198 valence electrons. The number of carbonyl (C=O) groups excluding carboxylic acids is 3. The predicted octanol–water partition coefficient (Wildman–Crippen LogP) is 3.40. The van der Waals surface area contributed by atoms with Crippen LogP contribution in [0.1, 0.15) is 33.1 Å². The lowest BCUT2D eigenvalue weighted by molar-refractivity contribution is -0.129. The van der Waals surface area contributed by atoms with Gasteiger partial charge in [-0.1, -0.05) is 31.3 Å². The molecule has 4 rings (SSSR count). The number of pyridine rings is 1. The van der Waals surface area contributed by atoms with E-state index in [1.807, 2.05) is 25.3 Å². The summed E-state index contributed by atoms with van der Waals surface area (Å²) in [5.74, 6) is -0.862. The lowest BCUT2D eigenvalue weighted by atomic mass is 10.0. The van der Waals surface area contributed by atoms with Crippen LogP contribution in [-0.2, 0) is 19.6 Å². The van der Waals surface area contributed by atoms with Crippen molar-refractivity contribution in [1.82, 2.24) is 19.9 Å². The number of ether oxygens (including phenoxy) is 1. The first-order chi connectivity index (χ1) is 17.6. The molecule has 13 heteroatoms. The van der Waals surface area contributed by atoms with Crippen molar-refractivity contribution in [2.24, 2.45) is 5.92 Å². The number of hydrogen-bond acceptors (Lipinski definition) is 9. The second-order valence-electron chi connectivity index (χ2n) is 9.11. The lowest BCUT2D eigenvalue weighted by Crippen LogP contribution is -2.53. The van der Waals surface area contributed by atoms with Crippen molar-refractivity contribution in [3.05, 3.63) is 41.9 Å². The zero-order valence-corrected chi connectivity index (χ0v) is 22.8. The highest BCUT2D eigenvalue weighted by molar-refractivity contribution is 7.89. The Bertz CT molecular complexity index is 1340. The Hall–Kier alpha value is -2.87. The van der Waals surface area contributed by atoms with Crippen molar-refractivity contribution in [1.29, 1.82) is 0 Å². The van der Waals surface area contributed by atoms with Crippen molar-refractivity contribution < 1.29 is 27.5 Å². The van der Waals surface area contributed by atoms with Crippen molar-refractivity contribution in [2.75, 3.05) is 13.1 Å². The van der Waals surface area contributed by atoms with Gasteiger partial charge in [-0.2, -0.15) is 4.31 Å². The summed E-state index contributed by atoms with van der Waals surface area (Å²) in [5, 5.41) is 7.59. The van der Waals surface area contributed by atoms with Crippen molar-refractivity contribution in [3.8, 4) is 5.06 Å². The minimum Gasteiger partial charge on any atom is -0.399 e. The predicted molar refractivity (Wildman–Crippen MR) is 141 cm³/mol. The normalized spacial score (nSPS) is 17.9. The highest BCUT2D eigenvalue weighted by Crippen LogP contribution is 2.35. The minimum atomic E-state index is -3.94. The van der Waals surface area contributed by atoms with Gasteiger partial charge in [-0.3, -0.25) is 9.59 Å². The summed E-state index contributed by atoms with van der Waals surface area (Å²) in [6.45, 7) is 3.59. The molecule has 0 spiro atoms. The van der Waals surface area contributed by atoms with Crippen molar-refractivity contribution in [2.45, 2.75) is 50.2 Å². The van der Waals surface area contributed by atoms with Gasteiger partial charge in [0.05, 0.1) is 12.6 Å². The number of fused-ring (bicyclic) bond motifs is 1. The van der Waals surface area contributed by atoms with Crippen molar-refractivity contribution >= 4 is 59.9 Å². The van der Waals surface area contributed by atoms with E-state index in [-0.39, 0.29) is 30.5 Å². The Balaban J connectivity index is 1.39. The maximum absolute atomic E-state index is 13.1. The van der Waals surface area contributed by atoms with Crippen LogP contribution < -0.4 is 15.4 Å². The van der Waals surface area contributed by atoms with Gasteiger partial charge in [0.25, 0.3) is 10.0 Å². The quantitative estimate of drug-likeness (QED) is 0.428. The van der Waals surface area contributed by atoms with Gasteiger partial charge < -0.3 is 15.4 Å². The summed E-state index contributed by atoms with van der Waals surface area (Å²) in [5.41, 5.74) is 0. The van der Waals surface area contributed by atoms with E-state index in [4.69, 9.17) is 4.74 Å². The van der Waals surface area contributed by atoms with Crippen LogP contribution in [0.25, 0.3) is 9.40 Å². The smallest absolute Gasteiger partial charge is 0.399 e. The molecule has 37 heavy (non-hydrogen) atoms. The number of hydrogen-bond donors (Lipinski definition) is 2. The molecule has 2 atom stereocenters. The van der Waals surface area contributed by atoms with E-state index in [0.29, 0.717) is 17.9 Å². The number of nitrogens with one attached hydrogen (secondary N) is 2. The third-order valence-electron chi connectivity index (χ3n) is 5.81. The number of amides is 2. The number of carbonyl (C=O) groups is 3. The third-order valence-corrected chi connectivity index (χ3v) is 9.54. The van der Waals surface area contributed by atoms with Gasteiger partial charge in [0.2, 0.25) is 5.91 Å². The molecule has 3 aromatic heterocycles. The molecule has 1 fully saturated rings. The third kappa shape index (κ3) is 6.72. The first-order valence-electron chi connectivity index (χ1n) is 11.8. The largest absolute Gasteiger partial charge is 0.414 e. The maximum Gasteiger partial charge on any atom is 0.414 e. The molecule has 10 nitrogen and oxygen atoms in total. The average molecular weight is 565 g/mol. The molecule has 4 heterocycles. The molecular weight excluding hydrogens is 536 g/mol. The summed E-state index contributed by atoms with van der Waals surface area (Å²) in [6.07, 6.45) is 1.62. The highest BCUT2D eigenvalue weighted by atomic mass is 32.2. The number of aromatic nitrogens is 1. The number of sulfonamides is 1. The highest BCUT2D eigenvalue weighted by Gasteiger charge is 2.35. The topological polar surface area (TPSA) is 135 Å². The van der Waals surface area contributed by atoms with Crippen LogP contribution >= 0.6 is 22.7 Å². The maximum atomic E-state index is 13.1. The molecule has 1 unspecified atom stereocenters. The van der Waals surface area contributed by atoms with Gasteiger partial charge >= 0.3 is 6.09 Å². The van der Waals surface area contributed by atoms with Crippen LogP contribution in [0.5, 0.6) is 5.06 Å². The second-order valence-corrected chi connectivity index (χ2v) is 13.0. The van der Waals surface area contributed by atoms with Crippen LogP contribution in [0, 0.1) is 5.92 Å². The molecule has 3 aromatic rings. The van der Waals surface area contributed by atoms with E-state index in [9.17, 15) is 22.8 Å². The van der Waals surface area contributed by atoms with Gasteiger partial charge in [0.15, 0.2) is 15.9 Å². The number of ketones is 1. The van der Waals surface area contributed by atoms with E-state index in [0.717, 1.165) is 13.7 Å². The minimum absolute atomic E-state index is 0.0759. The van der Waals surface area contributed by atoms with E-state index in [2.05, 4.69) is 15.6 Å². The van der Waals surface area contributed by atoms with Crippen LogP contribution in [0.15, 0.2) is 46.9 Å². The first-order valence-corrected chi connectivity index (χ1v) is 15.0. The Morgan fingerprint density at radius 1 is 1.24 bits per heavy atom. The van der Waals surface area contributed by atoms with Crippen LogP contribution in [0.2, 0.25) is 0 Å². The summed E-state index contributed by atoms with van der Waals surface area (Å²) in [7, 11) is -3.94. The first kappa shape index (κ1) is 27.2. The summed E-state index contributed by atoms with van der Waals surface area (Å²) >= 11 is 2.88. The SMILES string of the molecule is CC(C)CC(NC(=O)Oc1cc2sccc2s1)C(=O)N[C@H]1CCCN(S(=O)(=O)c2ccccn2)CC1=O. The van der Waals surface area contributed by atoms with E-state index < -0.39 is 39.9 Å². The zero-order chi connectivity index (χ0) is 26.6. The molecular formula is C24H28N4O6S3. The summed E-state index contributed by atoms with van der Waals surface area (Å²) < 4.78 is 34.3. The van der Waals surface area contributed by atoms with E-state index in [1.165, 1.54) is 23.6 Å². The molecule has 0 bridgehead atoms. The molecule has 1 aliphatic rings. The fourth-order valence-corrected chi connectivity index (χ4v) is 7.34. The molecule has 2 N–H and O–H groups in total. The molecule has 0 saturated carbocycles. The molecule has 0 radical (unpaired) electrons. The fraction of sp³-hybridized carbons (Fsp3) is 0.417. The molecule has 0 aromatic carbocycles. The number of nitrogens with zero attached hydrogens (tertiary/aromatic N) is 2. The lowest BCUT2D eigenvalue weighted by Gasteiger charge is -2.23. The average Bonchev–Trinajstić information content (AvgIpc) is 3.38. The van der Waals surface area contributed by atoms with Crippen LogP contribution in [-0.4, -0.2) is 60.7 Å². The van der Waals surface area contributed by atoms with Crippen LogP contribution in [0.4, 0.5) is 4.79 Å². The molecule has 0 aliphatic carbocycles. The van der Waals surface area contributed by atoms with Gasteiger partial charge in [0.1, 0.15) is 6.04 Å². The second kappa shape index (κ2) is 11.7. The van der Waals surface area contributed by atoms with Crippen LogP contribution in [0.3, 0.4) is 0 Å². The fourth-order valence-electron chi connectivity index (χ4n) is 4.02. The Morgan fingerprint density at radius 3 is 2.76 bits per heavy atom. The van der Waals surface area contributed by atoms with E-state index in [1.54, 1.807) is 29.5 Å². The van der Waals surface area contributed by atoms with Gasteiger partial charge in [-0.05, 0) is 48.8 Å². The van der Waals surface area contributed by atoms with Gasteiger partial charge in [-0.25, -0.2) is 18.2 Å². The standard InChI is InChI=1S/C24H28N4O6S3/c1-15(2)12-17(27-24(31)34-22-13-20-19(36-22)8-11-35-20)23(30)26-16-6-5-10-28(14-18(16)29)37(32,33)21-7-3-4-9-25-21/h3-4,7-9,11,13,15-17H,5-6,10,12,14H2,1-2H3,(H,26,30)(H,27,31)/t16-,17?/m0/s1. The Morgan fingerprint density at radius 2 is 2.05 bits per heavy atom. The Labute approximate surface area is 223 Å². The monoisotopic (exact) mass is 564 g/mol. The zero-order valence-electron chi connectivity index (χ0n) is 20.4. The molecule has 2 amide bonds. The van der Waals surface area contributed by atoms with Gasteiger partial charge in [-0.15, -0.1) is 11.3 Å². The van der Waals surface area contributed by atoms with Gasteiger partial charge in [0, 0.05) is 28.2 Å². The number of Topliss-reactive ketones (excluding diaryl/α,β-unsaturated/α-hetero) is 1. The van der Waals surface area contributed by atoms with E-state index >= 15 is 0 Å². The number of rotatable bonds is 8. The van der Waals surface area contributed by atoms with Crippen molar-refractivity contribution in [3.63, 3.8) is 0 Å². The summed E-state index contributed by atoms with van der Waals surface area (Å²) in [4.78, 5) is 42.5. The Kier molecular flexibility index (Phi) is 8.57. The summed E-state index contributed by atoms with van der Waals surface area (Å²) in [6, 6.07) is 6.49. The molecule has 1 saturated heterocycles. The molecule has 1 aliphatic heterocycles.